The molecule has 2 aromatic heterocycles. The van der Waals surface area contributed by atoms with E-state index in [9.17, 15) is 4.39 Å². The molecular formula is C7H2Cl2FIN2OS. The van der Waals surface area contributed by atoms with Gasteiger partial charge in [0.1, 0.15) is 40.3 Å². The van der Waals surface area contributed by atoms with Gasteiger partial charge in [0.2, 0.25) is 0 Å². The van der Waals surface area contributed by atoms with Crippen molar-refractivity contribution in [1.29, 1.82) is 0 Å². The van der Waals surface area contributed by atoms with Crippen molar-refractivity contribution >= 4 is 69.5 Å². The van der Waals surface area contributed by atoms with Crippen molar-refractivity contribution in [1.82, 2.24) is 8.96 Å². The third-order valence-corrected chi connectivity index (χ3v) is 3.46. The number of halogens is 4. The standard InChI is InChI=1S/C7H2Cl2FIN2OS/c8-4-5(10)3-1-2-13(15-14-11)7(3)12-6(4)9/h1-2H. The lowest BCUT2D eigenvalue weighted by Crippen LogP contribution is -1.90. The Hall–Kier alpha value is 0.240. The first-order valence-electron chi connectivity index (χ1n) is 3.62. The van der Waals surface area contributed by atoms with Crippen molar-refractivity contribution in [2.45, 2.75) is 0 Å². The van der Waals surface area contributed by atoms with E-state index in [1.165, 1.54) is 0 Å². The maximum atomic E-state index is 13.6. The van der Waals surface area contributed by atoms with Gasteiger partial charge >= 0.3 is 0 Å². The highest BCUT2D eigenvalue weighted by Crippen LogP contribution is 2.31. The molecule has 0 N–H and O–H groups in total. The molecule has 0 fully saturated rings. The van der Waals surface area contributed by atoms with Crippen molar-refractivity contribution in [3.8, 4) is 0 Å². The smallest absolute Gasteiger partial charge is 0.156 e. The van der Waals surface area contributed by atoms with E-state index in [1.807, 2.05) is 0 Å². The molecule has 0 saturated heterocycles. The number of aromatic nitrogens is 2. The highest BCUT2D eigenvalue weighted by Gasteiger charge is 2.15. The Morgan fingerprint density at radius 3 is 2.93 bits per heavy atom. The lowest BCUT2D eigenvalue weighted by molar-refractivity contribution is 0.639. The number of pyridine rings is 1. The normalized spacial score (nSPS) is 11.2. The first-order chi connectivity index (χ1) is 7.15. The molecule has 2 heterocycles. The van der Waals surface area contributed by atoms with Gasteiger partial charge in [0.05, 0.1) is 5.39 Å². The monoisotopic (exact) mass is 378 g/mol. The summed E-state index contributed by atoms with van der Waals surface area (Å²) in [5.74, 6) is -0.570. The van der Waals surface area contributed by atoms with Crippen LogP contribution in [0.5, 0.6) is 0 Å². The average Bonchev–Trinajstić information content (AvgIpc) is 2.59. The number of hydrogen-bond donors (Lipinski definition) is 0. The Labute approximate surface area is 113 Å². The van der Waals surface area contributed by atoms with Crippen LogP contribution in [0.4, 0.5) is 4.39 Å². The second kappa shape index (κ2) is 4.62. The van der Waals surface area contributed by atoms with E-state index in [0.717, 1.165) is 12.2 Å². The molecule has 80 valence electrons. The molecule has 2 rings (SSSR count). The molecule has 0 aliphatic carbocycles. The molecule has 0 bridgehead atoms. The van der Waals surface area contributed by atoms with E-state index in [4.69, 9.17) is 25.7 Å². The van der Waals surface area contributed by atoms with Crippen LogP contribution in [0.2, 0.25) is 10.2 Å². The molecule has 0 aromatic carbocycles. The van der Waals surface area contributed by atoms with Crippen molar-refractivity contribution in [2.24, 2.45) is 0 Å². The maximum absolute atomic E-state index is 13.6. The molecule has 0 spiro atoms. The summed E-state index contributed by atoms with van der Waals surface area (Å²) in [6.07, 6.45) is 1.62. The summed E-state index contributed by atoms with van der Waals surface area (Å²) in [5, 5.41) is 0.0864. The van der Waals surface area contributed by atoms with Gasteiger partial charge in [-0.15, -0.1) is 0 Å². The quantitative estimate of drug-likeness (QED) is 0.444. The maximum Gasteiger partial charge on any atom is 0.156 e. The number of rotatable bonds is 2. The van der Waals surface area contributed by atoms with Crippen LogP contribution < -0.4 is 0 Å². The van der Waals surface area contributed by atoms with E-state index in [2.05, 4.69) is 4.98 Å². The molecule has 15 heavy (non-hydrogen) atoms. The van der Waals surface area contributed by atoms with E-state index < -0.39 is 5.82 Å². The molecule has 0 aliphatic heterocycles. The molecule has 0 amide bonds. The summed E-state index contributed by atoms with van der Waals surface area (Å²) in [5.41, 5.74) is 0.378. The topological polar surface area (TPSA) is 27.1 Å². The second-order valence-electron chi connectivity index (χ2n) is 2.55. The molecule has 0 radical (unpaired) electrons. The lowest BCUT2D eigenvalue weighted by atomic mass is 10.3. The highest BCUT2D eigenvalue weighted by molar-refractivity contribution is 14.1. The first-order valence-corrected chi connectivity index (χ1v) is 5.96. The Kier molecular flexibility index (Phi) is 3.61. The van der Waals surface area contributed by atoms with Crippen molar-refractivity contribution in [2.75, 3.05) is 0 Å². The van der Waals surface area contributed by atoms with E-state index in [-0.39, 0.29) is 10.2 Å². The molecule has 2 aromatic rings. The zero-order valence-electron chi connectivity index (χ0n) is 6.88. The summed E-state index contributed by atoms with van der Waals surface area (Å²) in [4.78, 5) is 3.97. The van der Waals surface area contributed by atoms with Crippen LogP contribution in [-0.4, -0.2) is 8.96 Å². The Bertz CT molecular complexity index is 521. The van der Waals surface area contributed by atoms with Crippen molar-refractivity contribution < 1.29 is 6.90 Å². The Morgan fingerprint density at radius 2 is 2.27 bits per heavy atom. The minimum Gasteiger partial charge on any atom is -0.251 e. The Balaban J connectivity index is 2.71. The fourth-order valence-electron chi connectivity index (χ4n) is 1.13. The van der Waals surface area contributed by atoms with Crippen LogP contribution in [0.25, 0.3) is 11.0 Å². The molecular weight excluding hydrogens is 377 g/mol. The summed E-state index contributed by atoms with van der Waals surface area (Å²) >= 11 is 14.0. The van der Waals surface area contributed by atoms with Gasteiger partial charge in [-0.1, -0.05) is 23.2 Å². The van der Waals surface area contributed by atoms with E-state index in [0.29, 0.717) is 11.0 Å². The predicted octanol–water partition coefficient (Wildman–Crippen LogP) is 4.26. The van der Waals surface area contributed by atoms with E-state index >= 15 is 0 Å². The fraction of sp³-hybridized carbons (Fsp3) is 0. The minimum absolute atomic E-state index is 0.0596. The summed E-state index contributed by atoms with van der Waals surface area (Å²) in [6.45, 7) is 0. The van der Waals surface area contributed by atoms with Gasteiger partial charge < -0.3 is 0 Å². The predicted molar refractivity (Wildman–Crippen MR) is 67.8 cm³/mol. The van der Waals surface area contributed by atoms with Gasteiger partial charge in [-0.3, -0.25) is 3.97 Å². The first kappa shape index (κ1) is 11.7. The average molecular weight is 379 g/mol. The summed E-state index contributed by atoms with van der Waals surface area (Å²) in [6, 6.07) is 1.56. The molecule has 0 atom stereocenters. The van der Waals surface area contributed by atoms with E-state index in [1.54, 1.807) is 39.2 Å². The number of fused-ring (bicyclic) bond motifs is 1. The third-order valence-electron chi connectivity index (χ3n) is 1.75. The van der Waals surface area contributed by atoms with Gasteiger partial charge in [0.25, 0.3) is 0 Å². The van der Waals surface area contributed by atoms with Crippen LogP contribution >= 0.6 is 58.4 Å². The van der Waals surface area contributed by atoms with Crippen LogP contribution in [0, 0.1) is 5.82 Å². The molecule has 8 heteroatoms. The van der Waals surface area contributed by atoms with Crippen molar-refractivity contribution in [3.63, 3.8) is 0 Å². The molecule has 3 nitrogen and oxygen atoms in total. The highest BCUT2D eigenvalue weighted by atomic mass is 127. The van der Waals surface area contributed by atoms with Crippen LogP contribution in [-0.2, 0) is 2.51 Å². The van der Waals surface area contributed by atoms with Gasteiger partial charge in [-0.05, 0) is 6.07 Å². The second-order valence-corrected chi connectivity index (χ2v) is 5.03. The lowest BCUT2D eigenvalue weighted by Gasteiger charge is -2.01. The zero-order chi connectivity index (χ0) is 11.0. The number of hydrogen-bond acceptors (Lipinski definition) is 3. The molecule has 0 saturated carbocycles. The van der Waals surface area contributed by atoms with Crippen LogP contribution in [0.3, 0.4) is 0 Å². The SMILES string of the molecule is Fc1c(Cl)c(Cl)nc2c1ccn2SOI. The molecule has 0 aliphatic rings. The van der Waals surface area contributed by atoms with Gasteiger partial charge in [0, 0.05) is 6.20 Å². The summed E-state index contributed by atoms with van der Waals surface area (Å²) in [7, 11) is 0. The molecule has 0 unspecified atom stereocenters. The van der Waals surface area contributed by atoms with Gasteiger partial charge in [-0.25, -0.2) is 11.9 Å². The van der Waals surface area contributed by atoms with Crippen molar-refractivity contribution in [3.05, 3.63) is 28.3 Å². The third kappa shape index (κ3) is 2.05. The van der Waals surface area contributed by atoms with Crippen LogP contribution in [0.1, 0.15) is 0 Å². The Morgan fingerprint density at radius 1 is 1.53 bits per heavy atom. The summed E-state index contributed by atoms with van der Waals surface area (Å²) < 4.78 is 20.0. The minimum atomic E-state index is -0.570. The fourth-order valence-corrected chi connectivity index (χ4v) is 2.34. The largest absolute Gasteiger partial charge is 0.251 e. The zero-order valence-corrected chi connectivity index (χ0v) is 11.4. The van der Waals surface area contributed by atoms with Gasteiger partial charge in [0.15, 0.2) is 16.6 Å². The van der Waals surface area contributed by atoms with Gasteiger partial charge in [-0.2, -0.15) is 0 Å². The number of nitrogens with zero attached hydrogens (tertiary/aromatic N) is 2. The van der Waals surface area contributed by atoms with Crippen LogP contribution in [0.15, 0.2) is 12.3 Å².